The first kappa shape index (κ1) is 14.5. The molecule has 4 heteroatoms. The number of nitrogens with zero attached hydrogens (tertiary/aromatic N) is 1. The van der Waals surface area contributed by atoms with Crippen LogP contribution in [0.25, 0.3) is 0 Å². The summed E-state index contributed by atoms with van der Waals surface area (Å²) in [7, 11) is 0. The van der Waals surface area contributed by atoms with Gasteiger partial charge in [-0.2, -0.15) is 5.26 Å². The van der Waals surface area contributed by atoms with E-state index in [0.29, 0.717) is 5.56 Å². The van der Waals surface area contributed by atoms with Crippen molar-refractivity contribution in [3.05, 3.63) is 35.1 Å². The van der Waals surface area contributed by atoms with Crippen LogP contribution in [0.3, 0.4) is 0 Å². The van der Waals surface area contributed by atoms with Crippen LogP contribution in [-0.4, -0.2) is 5.91 Å². The van der Waals surface area contributed by atoms with Crippen molar-refractivity contribution in [3.63, 3.8) is 0 Å². The fourth-order valence-corrected chi connectivity index (χ4v) is 2.88. The fourth-order valence-electron chi connectivity index (χ4n) is 2.88. The molecule has 1 fully saturated rings. The van der Waals surface area contributed by atoms with Gasteiger partial charge in [0.15, 0.2) is 0 Å². The topological polar surface area (TPSA) is 52.9 Å². The Kier molecular flexibility index (Phi) is 4.08. The standard InChI is InChI=1S/C16H19FN2O/c1-16(2)7-3-4-13(16)15(20)19-10-12-6-5-11(9-18)8-14(12)17/h5-6,8,13H,3-4,7,10H2,1-2H3,(H,19,20). The maximum Gasteiger partial charge on any atom is 0.223 e. The average molecular weight is 274 g/mol. The molecule has 2 rings (SSSR count). The van der Waals surface area contributed by atoms with Gasteiger partial charge in [-0.05, 0) is 30.4 Å². The van der Waals surface area contributed by atoms with Crippen molar-refractivity contribution in [2.75, 3.05) is 0 Å². The zero-order chi connectivity index (χ0) is 14.8. The van der Waals surface area contributed by atoms with Crippen LogP contribution in [0.4, 0.5) is 4.39 Å². The molecule has 0 saturated heterocycles. The number of halogens is 1. The maximum absolute atomic E-state index is 13.7. The minimum Gasteiger partial charge on any atom is -0.352 e. The number of hydrogen-bond acceptors (Lipinski definition) is 2. The van der Waals surface area contributed by atoms with Gasteiger partial charge in [-0.3, -0.25) is 4.79 Å². The summed E-state index contributed by atoms with van der Waals surface area (Å²) in [6.45, 7) is 4.38. The molecule has 3 nitrogen and oxygen atoms in total. The third kappa shape index (κ3) is 2.98. The van der Waals surface area contributed by atoms with E-state index in [-0.39, 0.29) is 29.3 Å². The molecule has 1 aromatic rings. The smallest absolute Gasteiger partial charge is 0.223 e. The molecule has 0 aliphatic heterocycles. The SMILES string of the molecule is CC1(C)CCCC1C(=O)NCc1ccc(C#N)cc1F. The largest absolute Gasteiger partial charge is 0.352 e. The van der Waals surface area contributed by atoms with Crippen molar-refractivity contribution in [3.8, 4) is 6.07 Å². The molecular weight excluding hydrogens is 255 g/mol. The minimum atomic E-state index is -0.449. The summed E-state index contributed by atoms with van der Waals surface area (Å²) in [6.07, 6.45) is 3.02. The zero-order valence-electron chi connectivity index (χ0n) is 11.9. The Morgan fingerprint density at radius 3 is 2.85 bits per heavy atom. The second-order valence-corrected chi connectivity index (χ2v) is 6.07. The Morgan fingerprint density at radius 1 is 1.55 bits per heavy atom. The van der Waals surface area contributed by atoms with Gasteiger partial charge in [0.25, 0.3) is 0 Å². The lowest BCUT2D eigenvalue weighted by Crippen LogP contribution is -2.35. The van der Waals surface area contributed by atoms with Gasteiger partial charge in [-0.15, -0.1) is 0 Å². The Morgan fingerprint density at radius 2 is 2.30 bits per heavy atom. The maximum atomic E-state index is 13.7. The van der Waals surface area contributed by atoms with Gasteiger partial charge in [0.1, 0.15) is 5.82 Å². The summed E-state index contributed by atoms with van der Waals surface area (Å²) in [5.74, 6) is -0.449. The third-order valence-electron chi connectivity index (χ3n) is 4.21. The summed E-state index contributed by atoms with van der Waals surface area (Å²) in [6, 6.07) is 6.19. The molecule has 0 aromatic heterocycles. The first-order valence-electron chi connectivity index (χ1n) is 6.90. The van der Waals surface area contributed by atoms with Gasteiger partial charge in [-0.1, -0.05) is 26.3 Å². The van der Waals surface area contributed by atoms with E-state index in [1.807, 2.05) is 6.07 Å². The molecule has 1 N–H and O–H groups in total. The number of carbonyl (C=O) groups excluding carboxylic acids is 1. The molecule has 1 atom stereocenters. The Labute approximate surface area is 118 Å². The van der Waals surface area contributed by atoms with Crippen molar-refractivity contribution in [1.29, 1.82) is 5.26 Å². The molecular formula is C16H19FN2O. The summed E-state index contributed by atoms with van der Waals surface area (Å²) in [5.41, 5.74) is 0.718. The van der Waals surface area contributed by atoms with E-state index in [1.165, 1.54) is 6.07 Å². The second-order valence-electron chi connectivity index (χ2n) is 6.07. The number of rotatable bonds is 3. The predicted molar refractivity (Wildman–Crippen MR) is 74.1 cm³/mol. The number of benzene rings is 1. The lowest BCUT2D eigenvalue weighted by Gasteiger charge is -2.25. The van der Waals surface area contributed by atoms with Crippen LogP contribution in [0.15, 0.2) is 18.2 Å². The van der Waals surface area contributed by atoms with Gasteiger partial charge in [-0.25, -0.2) is 4.39 Å². The Hall–Kier alpha value is -1.89. The van der Waals surface area contributed by atoms with Crippen molar-refractivity contribution in [1.82, 2.24) is 5.32 Å². The van der Waals surface area contributed by atoms with E-state index in [1.54, 1.807) is 12.1 Å². The monoisotopic (exact) mass is 274 g/mol. The molecule has 0 bridgehead atoms. The van der Waals surface area contributed by atoms with Crippen LogP contribution in [0, 0.1) is 28.5 Å². The van der Waals surface area contributed by atoms with Crippen molar-refractivity contribution < 1.29 is 9.18 Å². The molecule has 0 spiro atoms. The molecule has 1 aliphatic rings. The molecule has 1 amide bonds. The normalized spacial score (nSPS) is 20.4. The van der Waals surface area contributed by atoms with Crippen molar-refractivity contribution in [2.24, 2.45) is 11.3 Å². The molecule has 1 aromatic carbocycles. The summed E-state index contributed by atoms with van der Waals surface area (Å²) in [5, 5.41) is 11.5. The quantitative estimate of drug-likeness (QED) is 0.920. The van der Waals surface area contributed by atoms with Gasteiger partial charge in [0.2, 0.25) is 5.91 Å². The third-order valence-corrected chi connectivity index (χ3v) is 4.21. The zero-order valence-corrected chi connectivity index (χ0v) is 11.9. The number of nitrogens with one attached hydrogen (secondary N) is 1. The lowest BCUT2D eigenvalue weighted by molar-refractivity contribution is -0.127. The highest BCUT2D eigenvalue weighted by Gasteiger charge is 2.39. The van der Waals surface area contributed by atoms with Crippen LogP contribution in [-0.2, 0) is 11.3 Å². The van der Waals surface area contributed by atoms with E-state index in [9.17, 15) is 9.18 Å². The van der Waals surface area contributed by atoms with E-state index < -0.39 is 5.82 Å². The van der Waals surface area contributed by atoms with Crippen LogP contribution in [0.5, 0.6) is 0 Å². The van der Waals surface area contributed by atoms with Crippen molar-refractivity contribution in [2.45, 2.75) is 39.7 Å². The fraction of sp³-hybridized carbons (Fsp3) is 0.500. The highest BCUT2D eigenvalue weighted by Crippen LogP contribution is 2.42. The van der Waals surface area contributed by atoms with Crippen LogP contribution in [0.2, 0.25) is 0 Å². The van der Waals surface area contributed by atoms with Crippen LogP contribution in [0.1, 0.15) is 44.2 Å². The number of carbonyl (C=O) groups is 1. The molecule has 1 unspecified atom stereocenters. The second kappa shape index (κ2) is 5.62. The highest BCUT2D eigenvalue weighted by molar-refractivity contribution is 5.79. The first-order valence-corrected chi connectivity index (χ1v) is 6.90. The minimum absolute atomic E-state index is 0.00346. The van der Waals surface area contributed by atoms with E-state index in [0.717, 1.165) is 19.3 Å². The Bertz CT molecular complexity index is 560. The highest BCUT2D eigenvalue weighted by atomic mass is 19.1. The van der Waals surface area contributed by atoms with Crippen LogP contribution >= 0.6 is 0 Å². The lowest BCUT2D eigenvalue weighted by atomic mass is 9.81. The average Bonchev–Trinajstić information content (AvgIpc) is 2.76. The number of hydrogen-bond donors (Lipinski definition) is 1. The summed E-state index contributed by atoms with van der Waals surface area (Å²) < 4.78 is 13.7. The molecule has 106 valence electrons. The number of amides is 1. The van der Waals surface area contributed by atoms with Crippen molar-refractivity contribution >= 4 is 5.91 Å². The summed E-state index contributed by atoms with van der Waals surface area (Å²) >= 11 is 0. The Balaban J connectivity index is 1.99. The van der Waals surface area contributed by atoms with E-state index in [2.05, 4.69) is 19.2 Å². The van der Waals surface area contributed by atoms with Crippen LogP contribution < -0.4 is 5.32 Å². The molecule has 1 saturated carbocycles. The summed E-state index contributed by atoms with van der Waals surface area (Å²) in [4.78, 5) is 12.2. The predicted octanol–water partition coefficient (Wildman–Crippen LogP) is 3.14. The van der Waals surface area contributed by atoms with Gasteiger partial charge in [0, 0.05) is 18.0 Å². The van der Waals surface area contributed by atoms with Gasteiger partial charge >= 0.3 is 0 Å². The van der Waals surface area contributed by atoms with E-state index >= 15 is 0 Å². The molecule has 20 heavy (non-hydrogen) atoms. The van der Waals surface area contributed by atoms with Gasteiger partial charge in [0.05, 0.1) is 11.6 Å². The molecule has 0 radical (unpaired) electrons. The first-order chi connectivity index (χ1) is 9.44. The van der Waals surface area contributed by atoms with Gasteiger partial charge < -0.3 is 5.32 Å². The molecule has 0 heterocycles. The van der Waals surface area contributed by atoms with E-state index in [4.69, 9.17) is 5.26 Å². The molecule has 1 aliphatic carbocycles. The number of nitriles is 1.